The second-order valence-corrected chi connectivity index (χ2v) is 6.84. The summed E-state index contributed by atoms with van der Waals surface area (Å²) in [6, 6.07) is 9.96. The summed E-state index contributed by atoms with van der Waals surface area (Å²) >= 11 is 0. The van der Waals surface area contributed by atoms with Gasteiger partial charge in [-0.25, -0.2) is 4.98 Å². The number of fused-ring (bicyclic) bond motifs is 1. The topological polar surface area (TPSA) is 71.8 Å². The molecule has 0 unspecified atom stereocenters. The van der Waals surface area contributed by atoms with Crippen LogP contribution >= 0.6 is 0 Å². The van der Waals surface area contributed by atoms with Gasteiger partial charge in [0, 0.05) is 11.6 Å². The number of aromatic nitrogens is 3. The van der Waals surface area contributed by atoms with E-state index in [1.807, 2.05) is 51.1 Å². The summed E-state index contributed by atoms with van der Waals surface area (Å²) in [5, 5.41) is 6.57. The lowest BCUT2D eigenvalue weighted by atomic mass is 10.1. The summed E-state index contributed by atoms with van der Waals surface area (Å²) in [4.78, 5) is 17.9. The van der Waals surface area contributed by atoms with Crippen LogP contribution in [0.15, 0.2) is 47.6 Å². The molecule has 138 valence electrons. The summed E-state index contributed by atoms with van der Waals surface area (Å²) in [5.41, 5.74) is 6.54. The lowest BCUT2D eigenvalue weighted by Crippen LogP contribution is -2.41. The molecule has 0 radical (unpaired) electrons. The molecule has 0 bridgehead atoms. The van der Waals surface area contributed by atoms with E-state index in [1.165, 1.54) is 4.52 Å². The minimum atomic E-state index is -0.274. The molecule has 1 saturated heterocycles. The molecule has 0 aliphatic carbocycles. The lowest BCUT2D eigenvalue weighted by molar-refractivity contribution is 0.216. The van der Waals surface area contributed by atoms with Gasteiger partial charge in [0.15, 0.2) is 5.65 Å². The van der Waals surface area contributed by atoms with Gasteiger partial charge in [-0.2, -0.15) is 9.61 Å². The Labute approximate surface area is 156 Å². The van der Waals surface area contributed by atoms with Crippen LogP contribution in [-0.2, 0) is 4.74 Å². The Balaban J connectivity index is 1.99. The van der Waals surface area contributed by atoms with Crippen LogP contribution in [0, 0.1) is 13.8 Å². The van der Waals surface area contributed by atoms with Crippen molar-refractivity contribution in [3.05, 3.63) is 69.8 Å². The van der Waals surface area contributed by atoms with Crippen molar-refractivity contribution < 1.29 is 4.74 Å². The smallest absolute Gasteiger partial charge is 0.287 e. The number of hydrazine groups is 1. The van der Waals surface area contributed by atoms with Crippen LogP contribution in [0.4, 0.5) is 0 Å². The highest BCUT2D eigenvalue weighted by molar-refractivity contribution is 5.79. The molecule has 3 heterocycles. The van der Waals surface area contributed by atoms with Crippen molar-refractivity contribution in [1.82, 2.24) is 25.0 Å². The van der Waals surface area contributed by atoms with Crippen LogP contribution in [-0.4, -0.2) is 25.6 Å². The molecule has 1 aromatic carbocycles. The zero-order chi connectivity index (χ0) is 19.3. The van der Waals surface area contributed by atoms with Crippen molar-refractivity contribution >= 4 is 11.5 Å². The molecule has 1 fully saturated rings. The van der Waals surface area contributed by atoms with Gasteiger partial charge in [-0.1, -0.05) is 30.3 Å². The highest BCUT2D eigenvalue weighted by Crippen LogP contribution is 2.26. The Kier molecular flexibility index (Phi) is 3.87. The van der Waals surface area contributed by atoms with E-state index >= 15 is 0 Å². The van der Waals surface area contributed by atoms with Gasteiger partial charge in [0.25, 0.3) is 5.56 Å². The minimum Gasteiger partial charge on any atom is -0.421 e. The standard InChI is InChI=1S/C20H21N5O2/c1-11(2)24-14(5)27-19(23-24)17-12(3)21-18-16(15-9-7-6-8-10-15)13(4)22-25(18)20(17)26/h6-11,23H,5H2,1-4H3. The number of hydrogen-bond donors (Lipinski definition) is 1. The monoisotopic (exact) mass is 363 g/mol. The fourth-order valence-corrected chi connectivity index (χ4v) is 3.33. The molecule has 7 heteroatoms. The Morgan fingerprint density at radius 3 is 2.48 bits per heavy atom. The molecule has 1 N–H and O–H groups in total. The highest BCUT2D eigenvalue weighted by Gasteiger charge is 2.26. The fraction of sp³-hybridized carbons (Fsp3) is 0.250. The van der Waals surface area contributed by atoms with Crippen LogP contribution in [0.3, 0.4) is 0 Å². The molecule has 0 spiro atoms. The van der Waals surface area contributed by atoms with Gasteiger partial charge in [0.1, 0.15) is 5.22 Å². The van der Waals surface area contributed by atoms with E-state index in [0.717, 1.165) is 16.8 Å². The number of nitrogens with zero attached hydrogens (tertiary/aromatic N) is 4. The van der Waals surface area contributed by atoms with Crippen LogP contribution < -0.4 is 16.2 Å². The molecular weight excluding hydrogens is 342 g/mol. The zero-order valence-electron chi connectivity index (χ0n) is 15.8. The van der Waals surface area contributed by atoms with E-state index in [9.17, 15) is 4.79 Å². The third kappa shape index (κ3) is 2.63. The first kappa shape index (κ1) is 17.1. The molecule has 1 aliphatic rings. The van der Waals surface area contributed by atoms with Crippen LogP contribution in [0.5, 0.6) is 0 Å². The van der Waals surface area contributed by atoms with Crippen molar-refractivity contribution in [2.24, 2.45) is 0 Å². The van der Waals surface area contributed by atoms with Crippen molar-refractivity contribution in [3.8, 4) is 11.1 Å². The Bertz CT molecular complexity index is 1160. The molecule has 1 aliphatic heterocycles. The van der Waals surface area contributed by atoms with E-state index in [0.29, 0.717) is 28.3 Å². The van der Waals surface area contributed by atoms with Gasteiger partial charge >= 0.3 is 0 Å². The van der Waals surface area contributed by atoms with E-state index in [2.05, 4.69) is 22.1 Å². The average Bonchev–Trinajstić information content (AvgIpc) is 3.16. The first-order valence-electron chi connectivity index (χ1n) is 8.80. The van der Waals surface area contributed by atoms with Crippen LogP contribution in [0.2, 0.25) is 0 Å². The maximum absolute atomic E-state index is 13.2. The lowest BCUT2D eigenvalue weighted by Gasteiger charge is -2.19. The van der Waals surface area contributed by atoms with Crippen molar-refractivity contribution in [3.63, 3.8) is 0 Å². The first-order valence-corrected chi connectivity index (χ1v) is 8.80. The molecule has 0 atom stereocenters. The number of hydrogen-bond acceptors (Lipinski definition) is 6. The third-order valence-electron chi connectivity index (χ3n) is 4.59. The van der Waals surface area contributed by atoms with Gasteiger partial charge in [0.05, 0.1) is 11.4 Å². The fourth-order valence-electron chi connectivity index (χ4n) is 3.33. The molecule has 4 rings (SSSR count). The van der Waals surface area contributed by atoms with Gasteiger partial charge in [0.2, 0.25) is 11.8 Å². The summed E-state index contributed by atoms with van der Waals surface area (Å²) in [5.74, 6) is 0.778. The second kappa shape index (κ2) is 6.12. The number of ether oxygens (including phenoxy) is 1. The second-order valence-electron chi connectivity index (χ2n) is 6.84. The first-order chi connectivity index (χ1) is 12.9. The maximum atomic E-state index is 13.2. The van der Waals surface area contributed by atoms with E-state index < -0.39 is 0 Å². The molecule has 3 aromatic rings. The van der Waals surface area contributed by atoms with Gasteiger partial charge in [-0.15, -0.1) is 0 Å². The Morgan fingerprint density at radius 2 is 1.85 bits per heavy atom. The Morgan fingerprint density at radius 1 is 1.15 bits per heavy atom. The summed E-state index contributed by atoms with van der Waals surface area (Å²) in [7, 11) is 0. The third-order valence-corrected chi connectivity index (χ3v) is 4.59. The zero-order valence-corrected chi connectivity index (χ0v) is 15.8. The van der Waals surface area contributed by atoms with Gasteiger partial charge < -0.3 is 4.74 Å². The highest BCUT2D eigenvalue weighted by atomic mass is 16.5. The Hall–Kier alpha value is -3.35. The molecule has 0 saturated carbocycles. The number of aryl methyl sites for hydroxylation is 2. The van der Waals surface area contributed by atoms with Crippen molar-refractivity contribution in [2.75, 3.05) is 0 Å². The minimum absolute atomic E-state index is 0.124. The van der Waals surface area contributed by atoms with E-state index in [4.69, 9.17) is 4.74 Å². The predicted molar refractivity (Wildman–Crippen MR) is 103 cm³/mol. The van der Waals surface area contributed by atoms with Crippen LogP contribution in [0.25, 0.3) is 22.7 Å². The molecular formula is C20H21N5O2. The quantitative estimate of drug-likeness (QED) is 0.750. The maximum Gasteiger partial charge on any atom is 0.287 e. The normalized spacial score (nSPS) is 16.2. The van der Waals surface area contributed by atoms with Crippen molar-refractivity contribution in [2.45, 2.75) is 33.7 Å². The number of nitrogens with one attached hydrogen (secondary N) is 1. The molecule has 7 nitrogen and oxygen atoms in total. The predicted octanol–water partition coefficient (Wildman–Crippen LogP) is 1.87. The molecule has 0 amide bonds. The van der Waals surface area contributed by atoms with Crippen molar-refractivity contribution in [1.29, 1.82) is 0 Å². The summed E-state index contributed by atoms with van der Waals surface area (Å²) in [6.45, 7) is 11.6. The van der Waals surface area contributed by atoms with Gasteiger partial charge in [-0.3, -0.25) is 15.2 Å². The summed E-state index contributed by atoms with van der Waals surface area (Å²) in [6.07, 6.45) is 0. The number of benzene rings is 1. The van der Waals surface area contributed by atoms with E-state index in [-0.39, 0.29) is 11.6 Å². The SMILES string of the molecule is C=C1OC(=c2c(C)nc3c(-c4ccccc4)c(C)nn3c2=O)NN1C(C)C. The average molecular weight is 363 g/mol. The number of rotatable bonds is 2. The molecule has 2 aromatic heterocycles. The van der Waals surface area contributed by atoms with Crippen LogP contribution in [0.1, 0.15) is 25.2 Å². The van der Waals surface area contributed by atoms with Gasteiger partial charge in [-0.05, 0) is 39.8 Å². The van der Waals surface area contributed by atoms with E-state index in [1.54, 1.807) is 11.9 Å². The molecule has 27 heavy (non-hydrogen) atoms. The largest absolute Gasteiger partial charge is 0.421 e. The summed E-state index contributed by atoms with van der Waals surface area (Å²) < 4.78 is 7.06.